The number of nitrogens with zero attached hydrogens (tertiary/aromatic N) is 1. The molecule has 2 rings (SSSR count). The van der Waals surface area contributed by atoms with E-state index in [-0.39, 0.29) is 27.9 Å². The minimum absolute atomic E-state index is 0.0185. The van der Waals surface area contributed by atoms with Crippen molar-refractivity contribution in [3.8, 4) is 17.1 Å². The molecule has 0 aliphatic rings. The first-order chi connectivity index (χ1) is 8.82. The Labute approximate surface area is 110 Å². The second kappa shape index (κ2) is 4.65. The Morgan fingerprint density at radius 2 is 2.00 bits per heavy atom. The van der Waals surface area contributed by atoms with Crippen LogP contribution < -0.4 is 10.5 Å². The second-order valence-corrected chi connectivity index (χ2v) is 4.05. The van der Waals surface area contributed by atoms with Gasteiger partial charge in [-0.3, -0.25) is 0 Å². The first-order valence-corrected chi connectivity index (χ1v) is 5.38. The molecule has 2 aromatic rings. The van der Waals surface area contributed by atoms with Crippen LogP contribution >= 0.6 is 11.6 Å². The average Bonchev–Trinajstić information content (AvgIpc) is 2.74. The van der Waals surface area contributed by atoms with Gasteiger partial charge in [-0.15, -0.1) is 0 Å². The summed E-state index contributed by atoms with van der Waals surface area (Å²) in [5.74, 6) is -0.213. The number of aromatic nitrogens is 1. The average molecular weight is 293 g/mol. The van der Waals surface area contributed by atoms with Crippen molar-refractivity contribution in [2.75, 3.05) is 12.8 Å². The maximum Gasteiger partial charge on any atom is 0.417 e. The number of anilines is 1. The van der Waals surface area contributed by atoms with E-state index in [1.54, 1.807) is 0 Å². The summed E-state index contributed by atoms with van der Waals surface area (Å²) >= 11 is 5.82. The molecule has 0 aliphatic heterocycles. The summed E-state index contributed by atoms with van der Waals surface area (Å²) in [7, 11) is 1.23. The fourth-order valence-corrected chi connectivity index (χ4v) is 1.80. The zero-order chi connectivity index (χ0) is 14.2. The van der Waals surface area contributed by atoms with E-state index in [1.165, 1.54) is 13.2 Å². The van der Waals surface area contributed by atoms with Crippen LogP contribution in [0.2, 0.25) is 5.02 Å². The first kappa shape index (κ1) is 13.5. The predicted molar refractivity (Wildman–Crippen MR) is 62.9 cm³/mol. The molecule has 0 fully saturated rings. The molecule has 1 aromatic carbocycles. The predicted octanol–water partition coefficient (Wildman–Crippen LogP) is 3.60. The number of nitrogen functional groups attached to an aromatic ring is 1. The molecule has 0 spiro atoms. The molecule has 0 saturated heterocycles. The van der Waals surface area contributed by atoms with Gasteiger partial charge in [0.15, 0.2) is 11.6 Å². The van der Waals surface area contributed by atoms with Crippen LogP contribution in [-0.2, 0) is 6.18 Å². The molecule has 1 aromatic heterocycles. The highest BCUT2D eigenvalue weighted by Gasteiger charge is 2.36. The van der Waals surface area contributed by atoms with Gasteiger partial charge in [0.2, 0.25) is 0 Å². The monoisotopic (exact) mass is 292 g/mol. The molecule has 102 valence electrons. The number of methoxy groups -OCH3 is 1. The first-order valence-electron chi connectivity index (χ1n) is 5.00. The molecule has 4 nitrogen and oxygen atoms in total. The van der Waals surface area contributed by atoms with Crippen LogP contribution in [0.15, 0.2) is 22.7 Å². The Morgan fingerprint density at radius 3 is 2.47 bits per heavy atom. The summed E-state index contributed by atoms with van der Waals surface area (Å²) in [5, 5.41) is 3.38. The van der Waals surface area contributed by atoms with Crippen molar-refractivity contribution in [1.82, 2.24) is 5.16 Å². The zero-order valence-corrected chi connectivity index (χ0v) is 10.3. The molecule has 0 amide bonds. The number of halogens is 4. The van der Waals surface area contributed by atoms with Crippen LogP contribution in [0, 0.1) is 0 Å². The molecule has 0 atom stereocenters. The standard InChI is InChI=1S/C11H8ClF3N2O2/c1-18-9-3-6(11(13,14)15)5(2-7(9)12)8-4-10(16)17-19-8/h2-4H,1H3,(H2,16,17). The lowest BCUT2D eigenvalue weighted by Gasteiger charge is -2.13. The molecule has 8 heteroatoms. The lowest BCUT2D eigenvalue weighted by molar-refractivity contribution is -0.137. The fourth-order valence-electron chi connectivity index (χ4n) is 1.56. The second-order valence-electron chi connectivity index (χ2n) is 3.65. The number of hydrogen-bond donors (Lipinski definition) is 1. The van der Waals surface area contributed by atoms with Gasteiger partial charge in [0.05, 0.1) is 17.7 Å². The number of benzene rings is 1. The largest absolute Gasteiger partial charge is 0.495 e. The quantitative estimate of drug-likeness (QED) is 0.918. The van der Waals surface area contributed by atoms with Crippen LogP contribution in [0.5, 0.6) is 5.75 Å². The molecule has 1 heterocycles. The van der Waals surface area contributed by atoms with E-state index in [1.807, 2.05) is 0 Å². The van der Waals surface area contributed by atoms with E-state index in [2.05, 4.69) is 5.16 Å². The summed E-state index contributed by atoms with van der Waals surface area (Å²) < 4.78 is 48.5. The van der Waals surface area contributed by atoms with Gasteiger partial charge in [-0.2, -0.15) is 13.2 Å². The molecule has 0 bridgehead atoms. The van der Waals surface area contributed by atoms with Crippen LogP contribution in [0.3, 0.4) is 0 Å². The van der Waals surface area contributed by atoms with E-state index in [0.29, 0.717) is 0 Å². The van der Waals surface area contributed by atoms with Crippen molar-refractivity contribution in [2.24, 2.45) is 0 Å². The highest BCUT2D eigenvalue weighted by Crippen LogP contribution is 2.42. The van der Waals surface area contributed by atoms with E-state index in [9.17, 15) is 13.2 Å². The van der Waals surface area contributed by atoms with Crippen LogP contribution in [-0.4, -0.2) is 12.3 Å². The van der Waals surface area contributed by atoms with Crippen LogP contribution in [0.1, 0.15) is 5.56 Å². The molecule has 0 aliphatic carbocycles. The number of hydrogen-bond acceptors (Lipinski definition) is 4. The molecule has 2 N–H and O–H groups in total. The molecule has 0 saturated carbocycles. The molecule has 19 heavy (non-hydrogen) atoms. The Bertz CT molecular complexity index is 610. The smallest absolute Gasteiger partial charge is 0.417 e. The number of nitrogens with two attached hydrogens (primary N) is 1. The normalized spacial score (nSPS) is 11.6. The summed E-state index contributed by atoms with van der Waals surface area (Å²) in [6, 6.07) is 3.09. The summed E-state index contributed by atoms with van der Waals surface area (Å²) in [4.78, 5) is 0. The van der Waals surface area contributed by atoms with Gasteiger partial charge in [0, 0.05) is 11.6 Å². The van der Waals surface area contributed by atoms with Crippen molar-refractivity contribution in [3.63, 3.8) is 0 Å². The van der Waals surface area contributed by atoms with Gasteiger partial charge in [0.1, 0.15) is 5.75 Å². The minimum atomic E-state index is -4.59. The molecular formula is C11H8ClF3N2O2. The SMILES string of the molecule is COc1cc(C(F)(F)F)c(-c2cc(N)no2)cc1Cl. The Kier molecular flexibility index (Phi) is 3.32. The van der Waals surface area contributed by atoms with Gasteiger partial charge >= 0.3 is 6.18 Å². The van der Waals surface area contributed by atoms with E-state index >= 15 is 0 Å². The Morgan fingerprint density at radius 1 is 1.32 bits per heavy atom. The maximum absolute atomic E-state index is 13.0. The maximum atomic E-state index is 13.0. The third-order valence-electron chi connectivity index (χ3n) is 2.39. The van der Waals surface area contributed by atoms with Crippen molar-refractivity contribution in [1.29, 1.82) is 0 Å². The van der Waals surface area contributed by atoms with Crippen molar-refractivity contribution in [2.45, 2.75) is 6.18 Å². The van der Waals surface area contributed by atoms with Gasteiger partial charge in [-0.05, 0) is 12.1 Å². The van der Waals surface area contributed by atoms with Gasteiger partial charge < -0.3 is 15.0 Å². The summed E-state index contributed by atoms with van der Waals surface area (Å²) in [6.07, 6.45) is -4.59. The van der Waals surface area contributed by atoms with Crippen molar-refractivity contribution >= 4 is 17.4 Å². The highest BCUT2D eigenvalue weighted by atomic mass is 35.5. The third-order valence-corrected chi connectivity index (χ3v) is 2.69. The summed E-state index contributed by atoms with van der Waals surface area (Å²) in [5.41, 5.74) is 4.14. The Balaban J connectivity index is 2.68. The zero-order valence-electron chi connectivity index (χ0n) is 9.58. The highest BCUT2D eigenvalue weighted by molar-refractivity contribution is 6.32. The third kappa shape index (κ3) is 2.60. The fraction of sp³-hybridized carbons (Fsp3) is 0.182. The molecule has 0 unspecified atom stereocenters. The van der Waals surface area contributed by atoms with E-state index in [4.69, 9.17) is 26.6 Å². The van der Waals surface area contributed by atoms with Crippen LogP contribution in [0.25, 0.3) is 11.3 Å². The lowest BCUT2D eigenvalue weighted by Crippen LogP contribution is -2.07. The van der Waals surface area contributed by atoms with Crippen LogP contribution in [0.4, 0.5) is 19.0 Å². The molecule has 0 radical (unpaired) electrons. The van der Waals surface area contributed by atoms with Gasteiger partial charge in [0.25, 0.3) is 0 Å². The van der Waals surface area contributed by atoms with E-state index < -0.39 is 11.7 Å². The minimum Gasteiger partial charge on any atom is -0.495 e. The Hall–Kier alpha value is -1.89. The van der Waals surface area contributed by atoms with Gasteiger partial charge in [-0.1, -0.05) is 16.8 Å². The van der Waals surface area contributed by atoms with Crippen molar-refractivity contribution in [3.05, 3.63) is 28.8 Å². The van der Waals surface area contributed by atoms with E-state index in [0.717, 1.165) is 12.1 Å². The summed E-state index contributed by atoms with van der Waals surface area (Å²) in [6.45, 7) is 0. The topological polar surface area (TPSA) is 61.3 Å². The number of rotatable bonds is 2. The molecular weight excluding hydrogens is 285 g/mol. The van der Waals surface area contributed by atoms with Crippen molar-refractivity contribution < 1.29 is 22.4 Å². The lowest BCUT2D eigenvalue weighted by atomic mass is 10.0. The van der Waals surface area contributed by atoms with Gasteiger partial charge in [-0.25, -0.2) is 0 Å². The number of ether oxygens (including phenoxy) is 1. The number of alkyl halides is 3.